The summed E-state index contributed by atoms with van der Waals surface area (Å²) >= 11 is 0. The van der Waals surface area contributed by atoms with E-state index in [0.29, 0.717) is 37.6 Å². The van der Waals surface area contributed by atoms with Gasteiger partial charge in [-0.1, -0.05) is 41.5 Å². The average Bonchev–Trinajstić information content (AvgIpc) is 2.51. The first-order valence-corrected chi connectivity index (χ1v) is 9.75. The van der Waals surface area contributed by atoms with Crippen molar-refractivity contribution in [2.45, 2.75) is 79.0 Å². The smallest absolute Gasteiger partial charge is 0.115 e. The summed E-state index contributed by atoms with van der Waals surface area (Å²) < 4.78 is 30.2. The van der Waals surface area contributed by atoms with E-state index in [2.05, 4.69) is 48.5 Å². The lowest BCUT2D eigenvalue weighted by molar-refractivity contribution is -0.260. The van der Waals surface area contributed by atoms with Crippen molar-refractivity contribution in [1.82, 2.24) is 0 Å². The molecule has 1 fully saturated rings. The fraction of sp³-hybridized carbons (Fsp3) is 1.00. The molecule has 0 aromatic rings. The zero-order chi connectivity index (χ0) is 19.0. The van der Waals surface area contributed by atoms with E-state index >= 15 is 0 Å². The highest BCUT2D eigenvalue weighted by atomic mass is 16.6. The Morgan fingerprint density at radius 3 is 1.76 bits per heavy atom. The van der Waals surface area contributed by atoms with Crippen LogP contribution in [0, 0.1) is 17.8 Å². The molecule has 0 N–H and O–H groups in total. The summed E-state index contributed by atoms with van der Waals surface area (Å²) in [4.78, 5) is 0. The molecule has 5 heteroatoms. The normalized spacial score (nSPS) is 30.6. The molecule has 1 rings (SSSR count). The SMILES string of the molecule is COC1C(COCC(C)C)OC(C)C(OCC(C)C)C1OCC(C)C. The maximum atomic E-state index is 6.24. The van der Waals surface area contributed by atoms with Crippen molar-refractivity contribution < 1.29 is 23.7 Å². The fourth-order valence-electron chi connectivity index (χ4n) is 2.96. The van der Waals surface area contributed by atoms with Crippen LogP contribution in [0.5, 0.6) is 0 Å². The van der Waals surface area contributed by atoms with Gasteiger partial charge in [0.2, 0.25) is 0 Å². The average molecular weight is 361 g/mol. The van der Waals surface area contributed by atoms with E-state index in [1.165, 1.54) is 0 Å². The molecule has 25 heavy (non-hydrogen) atoms. The summed E-state index contributed by atoms with van der Waals surface area (Å²) in [5.74, 6) is 1.42. The lowest BCUT2D eigenvalue weighted by atomic mass is 9.94. The third-order valence-corrected chi connectivity index (χ3v) is 4.12. The fourth-order valence-corrected chi connectivity index (χ4v) is 2.96. The second-order valence-electron chi connectivity index (χ2n) is 8.39. The van der Waals surface area contributed by atoms with Crippen LogP contribution in [0.25, 0.3) is 0 Å². The molecule has 0 aliphatic carbocycles. The Bertz CT molecular complexity index is 345. The van der Waals surface area contributed by atoms with Gasteiger partial charge in [-0.15, -0.1) is 0 Å². The van der Waals surface area contributed by atoms with E-state index < -0.39 is 0 Å². The Morgan fingerprint density at radius 1 is 0.760 bits per heavy atom. The van der Waals surface area contributed by atoms with E-state index in [-0.39, 0.29) is 30.5 Å². The lowest BCUT2D eigenvalue weighted by Gasteiger charge is -2.45. The molecule has 1 heterocycles. The molecular formula is C20H40O5. The van der Waals surface area contributed by atoms with Crippen LogP contribution in [0.2, 0.25) is 0 Å². The van der Waals surface area contributed by atoms with E-state index in [0.717, 1.165) is 6.61 Å². The van der Waals surface area contributed by atoms with Crippen LogP contribution < -0.4 is 0 Å². The van der Waals surface area contributed by atoms with E-state index in [1.807, 2.05) is 0 Å². The monoisotopic (exact) mass is 360 g/mol. The quantitative estimate of drug-likeness (QED) is 0.564. The topological polar surface area (TPSA) is 46.2 Å². The van der Waals surface area contributed by atoms with E-state index in [4.69, 9.17) is 23.7 Å². The highest BCUT2D eigenvalue weighted by Crippen LogP contribution is 2.29. The summed E-state index contributed by atoms with van der Waals surface area (Å²) in [6, 6.07) is 0. The van der Waals surface area contributed by atoms with Gasteiger partial charge in [0.15, 0.2) is 0 Å². The van der Waals surface area contributed by atoms with Crippen molar-refractivity contribution in [1.29, 1.82) is 0 Å². The molecule has 5 nitrogen and oxygen atoms in total. The summed E-state index contributed by atoms with van der Waals surface area (Å²) in [6.45, 7) is 17.5. The second-order valence-corrected chi connectivity index (χ2v) is 8.39. The van der Waals surface area contributed by atoms with Gasteiger partial charge < -0.3 is 23.7 Å². The number of methoxy groups -OCH3 is 1. The molecule has 0 aromatic heterocycles. The first kappa shape index (κ1) is 22.8. The zero-order valence-corrected chi connectivity index (χ0v) is 17.5. The van der Waals surface area contributed by atoms with Gasteiger partial charge in [-0.05, 0) is 24.7 Å². The molecule has 0 bridgehead atoms. The van der Waals surface area contributed by atoms with Gasteiger partial charge in [-0.25, -0.2) is 0 Å². The van der Waals surface area contributed by atoms with Crippen molar-refractivity contribution >= 4 is 0 Å². The van der Waals surface area contributed by atoms with Gasteiger partial charge in [0, 0.05) is 26.9 Å². The van der Waals surface area contributed by atoms with Crippen molar-refractivity contribution in [3.05, 3.63) is 0 Å². The van der Waals surface area contributed by atoms with Crippen LogP contribution in [0.15, 0.2) is 0 Å². The van der Waals surface area contributed by atoms with Gasteiger partial charge >= 0.3 is 0 Å². The van der Waals surface area contributed by atoms with Crippen LogP contribution >= 0.6 is 0 Å². The lowest BCUT2D eigenvalue weighted by Crippen LogP contribution is -2.60. The molecule has 0 saturated carbocycles. The molecule has 0 radical (unpaired) electrons. The van der Waals surface area contributed by atoms with E-state index in [9.17, 15) is 0 Å². The Balaban J connectivity index is 2.82. The van der Waals surface area contributed by atoms with Gasteiger partial charge in [-0.3, -0.25) is 0 Å². The van der Waals surface area contributed by atoms with Gasteiger partial charge in [0.05, 0.1) is 12.7 Å². The first-order chi connectivity index (χ1) is 11.8. The highest BCUT2D eigenvalue weighted by Gasteiger charge is 2.46. The first-order valence-electron chi connectivity index (χ1n) is 9.75. The number of hydrogen-bond acceptors (Lipinski definition) is 5. The van der Waals surface area contributed by atoms with Crippen LogP contribution in [0.1, 0.15) is 48.5 Å². The number of rotatable bonds is 11. The third-order valence-electron chi connectivity index (χ3n) is 4.12. The predicted molar refractivity (Wildman–Crippen MR) is 99.9 cm³/mol. The van der Waals surface area contributed by atoms with Gasteiger partial charge in [0.25, 0.3) is 0 Å². The minimum atomic E-state index is -0.195. The molecular weight excluding hydrogens is 320 g/mol. The summed E-state index contributed by atoms with van der Waals surface area (Å²) in [7, 11) is 1.71. The molecule has 5 atom stereocenters. The summed E-state index contributed by atoms with van der Waals surface area (Å²) in [6.07, 6.45) is -0.681. The Hall–Kier alpha value is -0.200. The molecule has 5 unspecified atom stereocenters. The van der Waals surface area contributed by atoms with Crippen LogP contribution in [-0.2, 0) is 23.7 Å². The number of hydrogen-bond donors (Lipinski definition) is 0. The van der Waals surface area contributed by atoms with Crippen molar-refractivity contribution in [2.24, 2.45) is 17.8 Å². The van der Waals surface area contributed by atoms with Crippen LogP contribution in [0.3, 0.4) is 0 Å². The maximum absolute atomic E-state index is 6.24. The standard InChI is InChI=1S/C20H40O5/c1-13(2)9-22-12-17-19(21-8)20(24-11-15(5)6)18(16(7)25-17)23-10-14(3)4/h13-20H,9-12H2,1-8H3. The van der Waals surface area contributed by atoms with Gasteiger partial charge in [-0.2, -0.15) is 0 Å². The molecule has 0 spiro atoms. The predicted octanol–water partition coefficient (Wildman–Crippen LogP) is 3.54. The molecule has 1 aliphatic rings. The third kappa shape index (κ3) is 7.92. The Kier molecular flexibility index (Phi) is 10.5. The zero-order valence-electron chi connectivity index (χ0n) is 17.5. The minimum absolute atomic E-state index is 0.0602. The van der Waals surface area contributed by atoms with Crippen LogP contribution in [0.4, 0.5) is 0 Å². The second kappa shape index (κ2) is 11.5. The minimum Gasteiger partial charge on any atom is -0.378 e. The Morgan fingerprint density at radius 2 is 1.28 bits per heavy atom. The van der Waals surface area contributed by atoms with Crippen molar-refractivity contribution in [3.8, 4) is 0 Å². The van der Waals surface area contributed by atoms with Crippen molar-refractivity contribution in [2.75, 3.05) is 33.5 Å². The highest BCUT2D eigenvalue weighted by molar-refractivity contribution is 4.94. The molecule has 0 aromatic carbocycles. The molecule has 150 valence electrons. The molecule has 0 amide bonds. The maximum Gasteiger partial charge on any atom is 0.115 e. The van der Waals surface area contributed by atoms with Crippen molar-refractivity contribution in [3.63, 3.8) is 0 Å². The number of ether oxygens (including phenoxy) is 5. The Labute approximate surface area is 154 Å². The van der Waals surface area contributed by atoms with Gasteiger partial charge in [0.1, 0.15) is 24.4 Å². The summed E-state index contributed by atoms with van der Waals surface area (Å²) in [5.41, 5.74) is 0. The largest absolute Gasteiger partial charge is 0.378 e. The van der Waals surface area contributed by atoms with E-state index in [1.54, 1.807) is 7.11 Å². The molecule has 1 saturated heterocycles. The summed E-state index contributed by atoms with van der Waals surface area (Å²) in [5, 5.41) is 0. The molecule has 1 aliphatic heterocycles. The van der Waals surface area contributed by atoms with Crippen LogP contribution in [-0.4, -0.2) is 64.1 Å².